The van der Waals surface area contributed by atoms with E-state index in [9.17, 15) is 4.79 Å². The number of carbonyl (C=O) groups is 1. The molecule has 2 atom stereocenters. The summed E-state index contributed by atoms with van der Waals surface area (Å²) in [7, 11) is 0. The Bertz CT molecular complexity index is 639. The van der Waals surface area contributed by atoms with Crippen molar-refractivity contribution in [3.8, 4) is 0 Å². The van der Waals surface area contributed by atoms with Crippen molar-refractivity contribution >= 4 is 18.3 Å². The highest BCUT2D eigenvalue weighted by Crippen LogP contribution is 2.59. The van der Waals surface area contributed by atoms with Gasteiger partial charge >= 0.3 is 0 Å². The van der Waals surface area contributed by atoms with Gasteiger partial charge in [-0.25, -0.2) is 0 Å². The van der Waals surface area contributed by atoms with E-state index < -0.39 is 0 Å². The van der Waals surface area contributed by atoms with Crippen LogP contribution in [0.4, 0.5) is 0 Å². The normalized spacial score (nSPS) is 30.8. The second-order valence-corrected chi connectivity index (χ2v) is 8.26. The van der Waals surface area contributed by atoms with Crippen LogP contribution in [0.5, 0.6) is 0 Å². The van der Waals surface area contributed by atoms with Crippen LogP contribution in [0.15, 0.2) is 4.52 Å². The van der Waals surface area contributed by atoms with Gasteiger partial charge < -0.3 is 14.7 Å². The first-order valence-corrected chi connectivity index (χ1v) is 9.58. The van der Waals surface area contributed by atoms with E-state index in [4.69, 9.17) is 4.52 Å². The largest absolute Gasteiger partial charge is 0.342 e. The van der Waals surface area contributed by atoms with E-state index in [0.29, 0.717) is 17.2 Å². The van der Waals surface area contributed by atoms with E-state index in [1.165, 1.54) is 12.8 Å². The maximum absolute atomic E-state index is 13.0. The molecule has 1 N–H and O–H groups in total. The molecule has 138 valence electrons. The number of rotatable bonds is 3. The van der Waals surface area contributed by atoms with Gasteiger partial charge in [0.05, 0.1) is 0 Å². The fourth-order valence-corrected chi connectivity index (χ4v) is 4.69. The monoisotopic (exact) mass is 366 g/mol. The van der Waals surface area contributed by atoms with E-state index >= 15 is 0 Å². The summed E-state index contributed by atoms with van der Waals surface area (Å²) in [5.41, 5.74) is 0.320. The molecule has 2 aliphatic carbocycles. The first-order chi connectivity index (χ1) is 11.8. The summed E-state index contributed by atoms with van der Waals surface area (Å²) >= 11 is 0. The van der Waals surface area contributed by atoms with Crippen molar-refractivity contribution in [3.63, 3.8) is 0 Å². The molecule has 0 bridgehead atoms. The van der Waals surface area contributed by atoms with Crippen LogP contribution < -0.4 is 5.32 Å². The summed E-state index contributed by atoms with van der Waals surface area (Å²) in [6.45, 7) is 3.80. The Morgan fingerprint density at radius 1 is 1.20 bits per heavy atom. The predicted octanol–water partition coefficient (Wildman–Crippen LogP) is 2.46. The molecule has 2 saturated heterocycles. The lowest BCUT2D eigenvalue weighted by atomic mass is 9.91. The van der Waals surface area contributed by atoms with Gasteiger partial charge in [0.15, 0.2) is 5.82 Å². The minimum Gasteiger partial charge on any atom is -0.342 e. The van der Waals surface area contributed by atoms with Gasteiger partial charge in [-0.3, -0.25) is 4.79 Å². The third kappa shape index (κ3) is 3.19. The topological polar surface area (TPSA) is 71.3 Å². The van der Waals surface area contributed by atoms with Gasteiger partial charge in [0.2, 0.25) is 11.8 Å². The Hall–Kier alpha value is -1.14. The number of hydrogen-bond acceptors (Lipinski definition) is 5. The molecule has 25 heavy (non-hydrogen) atoms. The molecule has 5 rings (SSSR count). The number of piperidine rings is 2. The number of halogens is 1. The van der Waals surface area contributed by atoms with Crippen molar-refractivity contribution in [2.45, 2.75) is 56.8 Å². The zero-order chi connectivity index (χ0) is 16.1. The Balaban J connectivity index is 0.00000157. The lowest BCUT2D eigenvalue weighted by Crippen LogP contribution is -2.42. The Morgan fingerprint density at radius 2 is 2.00 bits per heavy atom. The van der Waals surface area contributed by atoms with Gasteiger partial charge in [-0.2, -0.15) is 4.98 Å². The molecule has 3 heterocycles. The van der Waals surface area contributed by atoms with Gasteiger partial charge in [0.1, 0.15) is 0 Å². The van der Waals surface area contributed by atoms with Crippen molar-refractivity contribution in [2.75, 3.05) is 26.2 Å². The maximum Gasteiger partial charge on any atom is 0.229 e. The van der Waals surface area contributed by atoms with Crippen LogP contribution in [0.1, 0.15) is 68.5 Å². The highest BCUT2D eigenvalue weighted by atomic mass is 35.5. The quantitative estimate of drug-likeness (QED) is 0.889. The first kappa shape index (κ1) is 17.3. The van der Waals surface area contributed by atoms with E-state index in [0.717, 1.165) is 70.0 Å². The van der Waals surface area contributed by atoms with Gasteiger partial charge in [-0.1, -0.05) is 5.16 Å². The Labute approximate surface area is 154 Å². The lowest BCUT2D eigenvalue weighted by molar-refractivity contribution is -0.134. The summed E-state index contributed by atoms with van der Waals surface area (Å²) in [5.74, 6) is 3.03. The molecule has 4 fully saturated rings. The second-order valence-electron chi connectivity index (χ2n) is 8.26. The van der Waals surface area contributed by atoms with Crippen LogP contribution >= 0.6 is 12.4 Å². The van der Waals surface area contributed by atoms with Crippen LogP contribution in [-0.2, 0) is 4.79 Å². The molecule has 1 spiro atoms. The van der Waals surface area contributed by atoms with Crippen molar-refractivity contribution in [1.82, 2.24) is 20.4 Å². The van der Waals surface area contributed by atoms with Crippen LogP contribution in [0, 0.1) is 11.3 Å². The summed E-state index contributed by atoms with van der Waals surface area (Å²) in [5, 5.41) is 7.62. The highest BCUT2D eigenvalue weighted by Gasteiger charge is 2.58. The average molecular weight is 367 g/mol. The van der Waals surface area contributed by atoms with Crippen LogP contribution in [0.2, 0.25) is 0 Å². The average Bonchev–Trinajstić information content (AvgIpc) is 3.54. The van der Waals surface area contributed by atoms with E-state index in [2.05, 4.69) is 20.4 Å². The van der Waals surface area contributed by atoms with Gasteiger partial charge in [0, 0.05) is 30.8 Å². The molecule has 2 aliphatic heterocycles. The smallest absolute Gasteiger partial charge is 0.229 e. The molecule has 0 aromatic carbocycles. The Kier molecular flexibility index (Phi) is 4.52. The van der Waals surface area contributed by atoms with Gasteiger partial charge in [-0.05, 0) is 63.5 Å². The second kappa shape index (κ2) is 6.54. The molecule has 0 radical (unpaired) electrons. The zero-order valence-electron chi connectivity index (χ0n) is 14.6. The number of amides is 1. The molecule has 4 aliphatic rings. The van der Waals surface area contributed by atoms with Crippen LogP contribution in [0.25, 0.3) is 0 Å². The fourth-order valence-electron chi connectivity index (χ4n) is 4.69. The standard InChI is InChI=1S/C18H26N4O2.ClH/c23-17(14-10-18(14)5-7-19-8-6-18)22-9-1-2-13(11-22)15-20-16(24-21-15)12-3-4-12;/h12-14,19H,1-11H2;1H. The summed E-state index contributed by atoms with van der Waals surface area (Å²) < 4.78 is 5.42. The third-order valence-corrected chi connectivity index (χ3v) is 6.57. The van der Waals surface area contributed by atoms with Gasteiger partial charge in [-0.15, -0.1) is 12.4 Å². The van der Waals surface area contributed by atoms with E-state index in [1.54, 1.807) is 0 Å². The molecule has 2 unspecified atom stereocenters. The number of nitrogens with zero attached hydrogens (tertiary/aromatic N) is 3. The SMILES string of the molecule is Cl.O=C(C1CC12CCNCC2)N1CCCC(c2noc(C3CC3)n2)C1. The number of aromatic nitrogens is 2. The Morgan fingerprint density at radius 3 is 2.76 bits per heavy atom. The minimum absolute atomic E-state index is 0. The molecular formula is C18H27ClN4O2. The van der Waals surface area contributed by atoms with Crippen molar-refractivity contribution < 1.29 is 9.32 Å². The first-order valence-electron chi connectivity index (χ1n) is 9.58. The predicted molar refractivity (Wildman–Crippen MR) is 94.7 cm³/mol. The van der Waals surface area contributed by atoms with Gasteiger partial charge in [0.25, 0.3) is 0 Å². The summed E-state index contributed by atoms with van der Waals surface area (Å²) in [4.78, 5) is 19.7. The van der Waals surface area contributed by atoms with E-state index in [1.807, 2.05) is 0 Å². The van der Waals surface area contributed by atoms with Crippen LogP contribution in [-0.4, -0.2) is 47.1 Å². The minimum atomic E-state index is 0. The molecule has 7 heteroatoms. The lowest BCUT2D eigenvalue weighted by Gasteiger charge is -2.32. The molecular weight excluding hydrogens is 340 g/mol. The molecule has 6 nitrogen and oxygen atoms in total. The number of likely N-dealkylation sites (tertiary alicyclic amines) is 1. The molecule has 1 amide bonds. The maximum atomic E-state index is 13.0. The molecule has 2 saturated carbocycles. The fraction of sp³-hybridized carbons (Fsp3) is 0.833. The number of hydrogen-bond donors (Lipinski definition) is 1. The molecule has 1 aromatic heterocycles. The van der Waals surface area contributed by atoms with E-state index in [-0.39, 0.29) is 24.2 Å². The molecule has 1 aromatic rings. The van der Waals surface area contributed by atoms with Crippen molar-refractivity contribution in [1.29, 1.82) is 0 Å². The van der Waals surface area contributed by atoms with Crippen LogP contribution in [0.3, 0.4) is 0 Å². The highest BCUT2D eigenvalue weighted by molar-refractivity contribution is 5.85. The third-order valence-electron chi connectivity index (χ3n) is 6.57. The number of nitrogens with one attached hydrogen (secondary N) is 1. The zero-order valence-corrected chi connectivity index (χ0v) is 15.4. The van der Waals surface area contributed by atoms with Crippen molar-refractivity contribution in [2.24, 2.45) is 11.3 Å². The number of carbonyl (C=O) groups excluding carboxylic acids is 1. The van der Waals surface area contributed by atoms with Crippen molar-refractivity contribution in [3.05, 3.63) is 11.7 Å². The summed E-state index contributed by atoms with van der Waals surface area (Å²) in [6.07, 6.45) is 7.89. The summed E-state index contributed by atoms with van der Waals surface area (Å²) in [6, 6.07) is 0.